The Hall–Kier alpha value is -1.18. The number of carboxylic acid groups (broad SMARTS) is 1. The molecule has 1 aromatic rings. The lowest BCUT2D eigenvalue weighted by Gasteiger charge is -2.17. The molecular weight excluding hydrogens is 309 g/mol. The topological polar surface area (TPSA) is 74.7 Å². The minimum atomic E-state index is -4.08. The number of nitrogens with zero attached hydrogens (tertiary/aromatic N) is 1. The van der Waals surface area contributed by atoms with E-state index in [0.717, 1.165) is 16.8 Å². The molecule has 0 heterocycles. The van der Waals surface area contributed by atoms with Crippen molar-refractivity contribution in [1.82, 2.24) is 4.31 Å². The normalized spacial score (nSPS) is 11.8. The van der Waals surface area contributed by atoms with Crippen LogP contribution in [0.25, 0.3) is 0 Å². The number of rotatable bonds is 6. The first-order valence-electron chi connectivity index (χ1n) is 5.90. The standard InChI is InChI=1S/C12H15ClFNO4S/c1-3-4-5-15(2)20(18,19)11-6-8(12(16)17)9(13)7-10(11)14/h6-7H,3-5H2,1-2H3,(H,16,17). The van der Waals surface area contributed by atoms with Gasteiger partial charge in [-0.2, -0.15) is 0 Å². The molecule has 0 saturated heterocycles. The Labute approximate surface area is 122 Å². The molecule has 5 nitrogen and oxygen atoms in total. The van der Waals surface area contributed by atoms with E-state index in [0.29, 0.717) is 12.5 Å². The van der Waals surface area contributed by atoms with Crippen molar-refractivity contribution < 1.29 is 22.7 Å². The summed E-state index contributed by atoms with van der Waals surface area (Å²) in [7, 11) is -2.76. The number of hydrogen-bond donors (Lipinski definition) is 1. The Morgan fingerprint density at radius 1 is 1.45 bits per heavy atom. The van der Waals surface area contributed by atoms with Crippen molar-refractivity contribution in [2.75, 3.05) is 13.6 Å². The third-order valence-corrected chi connectivity index (χ3v) is 4.95. The monoisotopic (exact) mass is 323 g/mol. The minimum absolute atomic E-state index is 0.226. The molecule has 0 aromatic heterocycles. The summed E-state index contributed by atoms with van der Waals surface area (Å²) in [5, 5.41) is 8.57. The molecule has 0 radical (unpaired) electrons. The zero-order valence-electron chi connectivity index (χ0n) is 11.1. The lowest BCUT2D eigenvalue weighted by Crippen LogP contribution is -2.29. The average Bonchev–Trinajstić information content (AvgIpc) is 2.34. The third kappa shape index (κ3) is 3.47. The zero-order valence-corrected chi connectivity index (χ0v) is 12.6. The zero-order chi connectivity index (χ0) is 15.5. The van der Waals surface area contributed by atoms with Gasteiger partial charge >= 0.3 is 5.97 Å². The van der Waals surface area contributed by atoms with Gasteiger partial charge in [-0.15, -0.1) is 0 Å². The van der Waals surface area contributed by atoms with Crippen LogP contribution in [0.5, 0.6) is 0 Å². The van der Waals surface area contributed by atoms with Crippen LogP contribution in [0.4, 0.5) is 4.39 Å². The largest absolute Gasteiger partial charge is 0.478 e. The molecule has 1 aromatic carbocycles. The van der Waals surface area contributed by atoms with Crippen molar-refractivity contribution >= 4 is 27.6 Å². The van der Waals surface area contributed by atoms with E-state index in [9.17, 15) is 17.6 Å². The van der Waals surface area contributed by atoms with Gasteiger partial charge in [-0.3, -0.25) is 0 Å². The highest BCUT2D eigenvalue weighted by Gasteiger charge is 2.26. The summed E-state index contributed by atoms with van der Waals surface area (Å²) in [4.78, 5) is 10.3. The second-order valence-corrected chi connectivity index (χ2v) is 6.67. The number of unbranched alkanes of at least 4 members (excludes halogenated alkanes) is 1. The van der Waals surface area contributed by atoms with Gasteiger partial charge < -0.3 is 5.11 Å². The molecule has 0 aliphatic carbocycles. The average molecular weight is 324 g/mol. The first-order chi connectivity index (χ1) is 9.21. The highest BCUT2D eigenvalue weighted by atomic mass is 35.5. The van der Waals surface area contributed by atoms with Gasteiger partial charge in [-0.25, -0.2) is 21.9 Å². The molecule has 0 saturated carbocycles. The Morgan fingerprint density at radius 2 is 2.05 bits per heavy atom. The van der Waals surface area contributed by atoms with Crippen LogP contribution >= 0.6 is 11.6 Å². The molecule has 0 unspecified atom stereocenters. The van der Waals surface area contributed by atoms with Crippen LogP contribution in [0.15, 0.2) is 17.0 Å². The van der Waals surface area contributed by atoms with Crippen molar-refractivity contribution in [1.29, 1.82) is 0 Å². The number of carbonyl (C=O) groups is 1. The van der Waals surface area contributed by atoms with Crippen molar-refractivity contribution in [3.63, 3.8) is 0 Å². The van der Waals surface area contributed by atoms with Crippen LogP contribution in [0.3, 0.4) is 0 Å². The molecule has 112 valence electrons. The number of aromatic carboxylic acids is 1. The van der Waals surface area contributed by atoms with E-state index in [1.807, 2.05) is 6.92 Å². The van der Waals surface area contributed by atoms with Gasteiger partial charge in [-0.1, -0.05) is 24.9 Å². The van der Waals surface area contributed by atoms with Gasteiger partial charge in [0.2, 0.25) is 10.0 Å². The van der Waals surface area contributed by atoms with Crippen molar-refractivity contribution in [3.05, 3.63) is 28.5 Å². The minimum Gasteiger partial charge on any atom is -0.478 e. The molecule has 0 aliphatic heterocycles. The molecular formula is C12H15ClFNO4S. The predicted molar refractivity (Wildman–Crippen MR) is 73.1 cm³/mol. The van der Waals surface area contributed by atoms with Crippen molar-refractivity contribution in [2.24, 2.45) is 0 Å². The van der Waals surface area contributed by atoms with Crippen LogP contribution < -0.4 is 0 Å². The van der Waals surface area contributed by atoms with Crippen molar-refractivity contribution in [3.8, 4) is 0 Å². The second kappa shape index (κ2) is 6.51. The van der Waals surface area contributed by atoms with E-state index in [1.165, 1.54) is 7.05 Å². The fourth-order valence-corrected chi connectivity index (χ4v) is 3.07. The lowest BCUT2D eigenvalue weighted by atomic mass is 10.2. The smallest absolute Gasteiger partial charge is 0.337 e. The Morgan fingerprint density at radius 3 is 2.55 bits per heavy atom. The summed E-state index contributed by atoms with van der Waals surface area (Å²) < 4.78 is 39.2. The fraction of sp³-hybridized carbons (Fsp3) is 0.417. The Bertz CT molecular complexity index is 618. The summed E-state index contributed by atoms with van der Waals surface area (Å²) in [6.07, 6.45) is 1.40. The summed E-state index contributed by atoms with van der Waals surface area (Å²) >= 11 is 5.58. The summed E-state index contributed by atoms with van der Waals surface area (Å²) in [5.41, 5.74) is -0.449. The van der Waals surface area contributed by atoms with Crippen LogP contribution in [0.1, 0.15) is 30.1 Å². The van der Waals surface area contributed by atoms with Crippen molar-refractivity contribution in [2.45, 2.75) is 24.7 Å². The van der Waals surface area contributed by atoms with E-state index in [4.69, 9.17) is 16.7 Å². The van der Waals surface area contributed by atoms with E-state index in [2.05, 4.69) is 0 Å². The maximum absolute atomic E-state index is 13.8. The third-order valence-electron chi connectivity index (χ3n) is 2.77. The van der Waals surface area contributed by atoms with Gasteiger partial charge in [0.25, 0.3) is 0 Å². The van der Waals surface area contributed by atoms with E-state index in [1.54, 1.807) is 0 Å². The maximum atomic E-state index is 13.8. The maximum Gasteiger partial charge on any atom is 0.337 e. The van der Waals surface area contributed by atoms with Gasteiger partial charge in [0.15, 0.2) is 0 Å². The van der Waals surface area contributed by atoms with Gasteiger partial charge in [0.1, 0.15) is 10.7 Å². The molecule has 20 heavy (non-hydrogen) atoms. The summed E-state index contributed by atoms with van der Waals surface area (Å²) in [6.45, 7) is 2.12. The first kappa shape index (κ1) is 16.9. The van der Waals surface area contributed by atoms with Gasteiger partial charge in [0.05, 0.1) is 10.6 Å². The molecule has 0 bridgehead atoms. The molecule has 1 rings (SSSR count). The summed E-state index contributed by atoms with van der Waals surface area (Å²) in [5.74, 6) is -2.48. The van der Waals surface area contributed by atoms with Crippen LogP contribution in [-0.2, 0) is 10.0 Å². The highest BCUT2D eigenvalue weighted by Crippen LogP contribution is 2.26. The number of carboxylic acids is 1. The first-order valence-corrected chi connectivity index (χ1v) is 7.72. The predicted octanol–water partition coefficient (Wildman–Crippen LogP) is 2.60. The molecule has 0 fully saturated rings. The van der Waals surface area contributed by atoms with Gasteiger partial charge in [-0.05, 0) is 18.6 Å². The number of halogens is 2. The molecule has 0 amide bonds. The van der Waals surface area contributed by atoms with Crippen LogP contribution in [0, 0.1) is 5.82 Å². The van der Waals surface area contributed by atoms with E-state index >= 15 is 0 Å². The van der Waals surface area contributed by atoms with E-state index < -0.39 is 32.3 Å². The second-order valence-electron chi connectivity index (χ2n) is 4.25. The van der Waals surface area contributed by atoms with E-state index in [-0.39, 0.29) is 11.6 Å². The fourth-order valence-electron chi connectivity index (χ4n) is 1.56. The highest BCUT2D eigenvalue weighted by molar-refractivity contribution is 7.89. The Balaban J connectivity index is 3.31. The quantitative estimate of drug-likeness (QED) is 0.873. The van der Waals surface area contributed by atoms with Gasteiger partial charge in [0, 0.05) is 13.6 Å². The molecule has 1 N–H and O–H groups in total. The number of hydrogen-bond acceptors (Lipinski definition) is 3. The molecule has 8 heteroatoms. The SMILES string of the molecule is CCCCN(C)S(=O)(=O)c1cc(C(=O)O)c(Cl)cc1F. The summed E-state index contributed by atoms with van der Waals surface area (Å²) in [6, 6.07) is 1.45. The van der Waals surface area contributed by atoms with Crippen LogP contribution in [0.2, 0.25) is 5.02 Å². The molecule has 0 aliphatic rings. The number of sulfonamides is 1. The Kier molecular flexibility index (Phi) is 5.50. The molecule has 0 atom stereocenters. The lowest BCUT2D eigenvalue weighted by molar-refractivity contribution is 0.0696. The molecule has 0 spiro atoms. The number of benzene rings is 1. The van der Waals surface area contributed by atoms with Crippen LogP contribution in [-0.4, -0.2) is 37.4 Å².